The van der Waals surface area contributed by atoms with Gasteiger partial charge in [-0.2, -0.15) is 5.10 Å². The molecule has 3 rings (SSSR count). The van der Waals surface area contributed by atoms with Crippen LogP contribution in [0.2, 0.25) is 0 Å². The number of hydrogen-bond donors (Lipinski definition) is 0. The number of aromatic nitrogens is 2. The maximum Gasteiger partial charge on any atom is 0.227 e. The molecule has 2 aliphatic heterocycles. The Kier molecular flexibility index (Phi) is 5.73. The van der Waals surface area contributed by atoms with Gasteiger partial charge in [0.05, 0.1) is 12.1 Å². The molecule has 3 heterocycles. The van der Waals surface area contributed by atoms with Gasteiger partial charge in [-0.1, -0.05) is 0 Å². The molecule has 1 unspecified atom stereocenters. The monoisotopic (exact) mass is 347 g/mol. The molecule has 25 heavy (non-hydrogen) atoms. The number of amides is 2. The lowest BCUT2D eigenvalue weighted by atomic mass is 9.96. The largest absolute Gasteiger partial charge is 0.342 e. The van der Waals surface area contributed by atoms with Crippen LogP contribution < -0.4 is 0 Å². The molecule has 2 aliphatic rings. The summed E-state index contributed by atoms with van der Waals surface area (Å²) in [6.07, 6.45) is 6.78. The number of carbonyl (C=O) groups excluding carboxylic acids is 2. The van der Waals surface area contributed by atoms with Crippen LogP contribution in [0.5, 0.6) is 0 Å². The summed E-state index contributed by atoms with van der Waals surface area (Å²) in [5.41, 5.74) is 1.21. The van der Waals surface area contributed by atoms with Crippen molar-refractivity contribution in [1.29, 1.82) is 0 Å². The number of nitrogens with zero attached hydrogens (tertiary/aromatic N) is 5. The Morgan fingerprint density at radius 1 is 1.12 bits per heavy atom. The first kappa shape index (κ1) is 17.9. The van der Waals surface area contributed by atoms with Gasteiger partial charge >= 0.3 is 0 Å². The molecule has 0 spiro atoms. The maximum absolute atomic E-state index is 12.9. The van der Waals surface area contributed by atoms with Crippen molar-refractivity contribution < 1.29 is 9.59 Å². The molecule has 0 aliphatic carbocycles. The van der Waals surface area contributed by atoms with E-state index in [0.29, 0.717) is 6.54 Å². The van der Waals surface area contributed by atoms with Crippen molar-refractivity contribution in [3.63, 3.8) is 0 Å². The third kappa shape index (κ3) is 4.60. The van der Waals surface area contributed by atoms with Gasteiger partial charge in [-0.15, -0.1) is 0 Å². The second kappa shape index (κ2) is 7.99. The zero-order valence-electron chi connectivity index (χ0n) is 15.4. The second-order valence-corrected chi connectivity index (χ2v) is 7.28. The summed E-state index contributed by atoms with van der Waals surface area (Å²) in [6.45, 7) is 7.34. The van der Waals surface area contributed by atoms with E-state index < -0.39 is 0 Å². The molecular formula is C18H29N5O2. The lowest BCUT2D eigenvalue weighted by Crippen LogP contribution is -2.47. The van der Waals surface area contributed by atoms with Crippen LogP contribution in [0.1, 0.15) is 31.7 Å². The van der Waals surface area contributed by atoms with Gasteiger partial charge in [0, 0.05) is 71.5 Å². The SMILES string of the molecule is CC(=O)N1CCCC(C(=O)N2CCCN(Cc3cnn(C)c3)CC2)C1. The Balaban J connectivity index is 1.53. The van der Waals surface area contributed by atoms with Crippen molar-refractivity contribution in [3.8, 4) is 0 Å². The second-order valence-electron chi connectivity index (χ2n) is 7.28. The molecular weight excluding hydrogens is 318 g/mol. The lowest BCUT2D eigenvalue weighted by Gasteiger charge is -2.34. The predicted molar refractivity (Wildman–Crippen MR) is 94.7 cm³/mol. The van der Waals surface area contributed by atoms with Crippen LogP contribution in [-0.4, -0.2) is 75.6 Å². The maximum atomic E-state index is 12.9. The van der Waals surface area contributed by atoms with E-state index in [1.54, 1.807) is 6.92 Å². The van der Waals surface area contributed by atoms with Crippen molar-refractivity contribution in [2.24, 2.45) is 13.0 Å². The number of rotatable bonds is 3. The average molecular weight is 347 g/mol. The molecule has 138 valence electrons. The summed E-state index contributed by atoms with van der Waals surface area (Å²) in [5.74, 6) is 0.285. The van der Waals surface area contributed by atoms with E-state index in [4.69, 9.17) is 0 Å². The average Bonchev–Trinajstić information content (AvgIpc) is 2.87. The highest BCUT2D eigenvalue weighted by Crippen LogP contribution is 2.20. The Labute approximate surface area is 149 Å². The minimum absolute atomic E-state index is 0.0254. The fourth-order valence-electron chi connectivity index (χ4n) is 3.88. The topological polar surface area (TPSA) is 61.7 Å². The first-order valence-corrected chi connectivity index (χ1v) is 9.27. The lowest BCUT2D eigenvalue weighted by molar-refractivity contribution is -0.140. The number of piperidine rings is 1. The fraction of sp³-hybridized carbons (Fsp3) is 0.722. The highest BCUT2D eigenvalue weighted by molar-refractivity contribution is 5.80. The molecule has 1 aromatic rings. The highest BCUT2D eigenvalue weighted by Gasteiger charge is 2.31. The van der Waals surface area contributed by atoms with E-state index in [1.807, 2.05) is 33.9 Å². The van der Waals surface area contributed by atoms with Crippen LogP contribution in [0.3, 0.4) is 0 Å². The quantitative estimate of drug-likeness (QED) is 0.808. The van der Waals surface area contributed by atoms with E-state index in [9.17, 15) is 9.59 Å². The van der Waals surface area contributed by atoms with Gasteiger partial charge < -0.3 is 9.80 Å². The molecule has 2 fully saturated rings. The van der Waals surface area contributed by atoms with Crippen LogP contribution in [0.15, 0.2) is 12.4 Å². The number of carbonyl (C=O) groups is 2. The zero-order chi connectivity index (χ0) is 17.8. The first-order valence-electron chi connectivity index (χ1n) is 9.27. The molecule has 0 saturated carbocycles. The van der Waals surface area contributed by atoms with E-state index in [-0.39, 0.29) is 17.7 Å². The summed E-state index contributed by atoms with van der Waals surface area (Å²) in [7, 11) is 1.93. The van der Waals surface area contributed by atoms with Crippen molar-refractivity contribution in [2.45, 2.75) is 32.7 Å². The van der Waals surface area contributed by atoms with Gasteiger partial charge in [0.15, 0.2) is 0 Å². The van der Waals surface area contributed by atoms with Gasteiger partial charge in [-0.3, -0.25) is 19.2 Å². The third-order valence-electron chi connectivity index (χ3n) is 5.28. The van der Waals surface area contributed by atoms with Gasteiger partial charge in [-0.05, 0) is 19.3 Å². The standard InChI is InChI=1S/C18H29N5O2/c1-15(24)23-7-3-5-17(14-23)18(25)22-8-4-6-21(9-10-22)13-16-11-19-20(2)12-16/h11-12,17H,3-10,13-14H2,1-2H3. The molecule has 2 amide bonds. The predicted octanol–water partition coefficient (Wildman–Crippen LogP) is 0.713. The number of hydrogen-bond acceptors (Lipinski definition) is 4. The van der Waals surface area contributed by atoms with E-state index in [0.717, 1.165) is 58.5 Å². The van der Waals surface area contributed by atoms with E-state index in [2.05, 4.69) is 10.00 Å². The molecule has 1 atom stereocenters. The normalized spacial score (nSPS) is 22.7. The van der Waals surface area contributed by atoms with E-state index >= 15 is 0 Å². The van der Waals surface area contributed by atoms with Crippen molar-refractivity contribution in [2.75, 3.05) is 39.3 Å². The summed E-state index contributed by atoms with van der Waals surface area (Å²) < 4.78 is 1.83. The van der Waals surface area contributed by atoms with Crippen molar-refractivity contribution in [3.05, 3.63) is 18.0 Å². The summed E-state index contributed by atoms with van der Waals surface area (Å²) in [6, 6.07) is 0. The molecule has 0 aromatic carbocycles. The van der Waals surface area contributed by atoms with Crippen LogP contribution >= 0.6 is 0 Å². The van der Waals surface area contributed by atoms with Gasteiger partial charge in [0.1, 0.15) is 0 Å². The molecule has 0 radical (unpaired) electrons. The van der Waals surface area contributed by atoms with Crippen molar-refractivity contribution >= 4 is 11.8 Å². The van der Waals surface area contributed by atoms with Crippen LogP contribution in [-0.2, 0) is 23.2 Å². The minimum Gasteiger partial charge on any atom is -0.342 e. The Morgan fingerprint density at radius 3 is 2.64 bits per heavy atom. The molecule has 0 N–H and O–H groups in total. The van der Waals surface area contributed by atoms with Crippen LogP contribution in [0.4, 0.5) is 0 Å². The summed E-state index contributed by atoms with van der Waals surface area (Å²) in [5, 5.41) is 4.22. The molecule has 7 nitrogen and oxygen atoms in total. The van der Waals surface area contributed by atoms with E-state index in [1.165, 1.54) is 5.56 Å². The minimum atomic E-state index is -0.0254. The Hall–Kier alpha value is -1.89. The van der Waals surface area contributed by atoms with Crippen LogP contribution in [0.25, 0.3) is 0 Å². The Bertz CT molecular complexity index is 614. The summed E-state index contributed by atoms with van der Waals surface area (Å²) in [4.78, 5) is 30.7. The third-order valence-corrected chi connectivity index (χ3v) is 5.28. The van der Waals surface area contributed by atoms with Crippen molar-refractivity contribution in [1.82, 2.24) is 24.5 Å². The highest BCUT2D eigenvalue weighted by atomic mass is 16.2. The zero-order valence-corrected chi connectivity index (χ0v) is 15.4. The Morgan fingerprint density at radius 2 is 1.92 bits per heavy atom. The van der Waals surface area contributed by atoms with Gasteiger partial charge in [0.2, 0.25) is 11.8 Å². The summed E-state index contributed by atoms with van der Waals surface area (Å²) >= 11 is 0. The van der Waals surface area contributed by atoms with Gasteiger partial charge in [-0.25, -0.2) is 0 Å². The fourth-order valence-corrected chi connectivity index (χ4v) is 3.88. The smallest absolute Gasteiger partial charge is 0.227 e. The molecule has 7 heteroatoms. The van der Waals surface area contributed by atoms with Crippen LogP contribution in [0, 0.1) is 5.92 Å². The number of aryl methyl sites for hydroxylation is 1. The molecule has 0 bridgehead atoms. The van der Waals surface area contributed by atoms with Gasteiger partial charge in [0.25, 0.3) is 0 Å². The molecule has 2 saturated heterocycles. The first-order chi connectivity index (χ1) is 12.0. The number of likely N-dealkylation sites (tertiary alicyclic amines) is 1. The molecule has 1 aromatic heterocycles.